The van der Waals surface area contributed by atoms with E-state index in [4.69, 9.17) is 9.47 Å². The number of thiazole rings is 1. The average Bonchev–Trinajstić information content (AvgIpc) is 3.49. The minimum absolute atomic E-state index is 0.0604. The number of rotatable bonds is 8. The van der Waals surface area contributed by atoms with E-state index in [1.54, 1.807) is 24.3 Å². The van der Waals surface area contributed by atoms with Crippen LogP contribution in [-0.4, -0.2) is 36.1 Å². The summed E-state index contributed by atoms with van der Waals surface area (Å²) >= 11 is 1.37. The summed E-state index contributed by atoms with van der Waals surface area (Å²) in [5.41, 5.74) is 3.28. The molecule has 1 aromatic heterocycles. The van der Waals surface area contributed by atoms with E-state index in [0.29, 0.717) is 23.8 Å². The molecule has 166 valence electrons. The summed E-state index contributed by atoms with van der Waals surface area (Å²) in [6.45, 7) is 3.32. The Labute approximate surface area is 190 Å². The van der Waals surface area contributed by atoms with Gasteiger partial charge in [-0.2, -0.15) is 0 Å². The van der Waals surface area contributed by atoms with Crippen LogP contribution >= 0.6 is 11.3 Å². The zero-order chi connectivity index (χ0) is 22.3. The Balaban J connectivity index is 1.31. The molecule has 1 atom stereocenters. The SMILES string of the molecule is CC(=O)NCc1ccc(-c2csc(NC(=O)c3ccc(OCC4CCCO4)cc3)n2)cc1. The van der Waals surface area contributed by atoms with Crippen LogP contribution in [0.5, 0.6) is 5.75 Å². The Morgan fingerprint density at radius 3 is 2.62 bits per heavy atom. The predicted molar refractivity (Wildman–Crippen MR) is 124 cm³/mol. The van der Waals surface area contributed by atoms with Crippen LogP contribution in [0, 0.1) is 0 Å². The van der Waals surface area contributed by atoms with Gasteiger partial charge in [-0.25, -0.2) is 4.98 Å². The van der Waals surface area contributed by atoms with E-state index in [2.05, 4.69) is 15.6 Å². The lowest BCUT2D eigenvalue weighted by molar-refractivity contribution is -0.119. The molecule has 2 N–H and O–H groups in total. The number of hydrogen-bond acceptors (Lipinski definition) is 6. The maximum atomic E-state index is 12.6. The van der Waals surface area contributed by atoms with Gasteiger partial charge in [0.05, 0.1) is 11.8 Å². The van der Waals surface area contributed by atoms with Gasteiger partial charge in [-0.15, -0.1) is 11.3 Å². The molecule has 2 aromatic carbocycles. The molecule has 0 radical (unpaired) electrons. The number of hydrogen-bond donors (Lipinski definition) is 2. The summed E-state index contributed by atoms with van der Waals surface area (Å²) in [6, 6.07) is 14.9. The molecular formula is C24H25N3O4S. The van der Waals surface area contributed by atoms with Crippen LogP contribution in [0.3, 0.4) is 0 Å². The first-order chi connectivity index (χ1) is 15.6. The van der Waals surface area contributed by atoms with E-state index in [1.807, 2.05) is 29.6 Å². The minimum Gasteiger partial charge on any atom is -0.491 e. The van der Waals surface area contributed by atoms with Crippen LogP contribution < -0.4 is 15.4 Å². The Morgan fingerprint density at radius 1 is 1.16 bits per heavy atom. The molecular weight excluding hydrogens is 426 g/mol. The van der Waals surface area contributed by atoms with Crippen LogP contribution in [0.4, 0.5) is 5.13 Å². The van der Waals surface area contributed by atoms with Crippen molar-refractivity contribution in [3.05, 3.63) is 65.0 Å². The summed E-state index contributed by atoms with van der Waals surface area (Å²) in [5, 5.41) is 8.06. The fourth-order valence-corrected chi connectivity index (χ4v) is 4.04. The van der Waals surface area contributed by atoms with Gasteiger partial charge in [0.15, 0.2) is 5.13 Å². The van der Waals surface area contributed by atoms with Crippen LogP contribution in [0.2, 0.25) is 0 Å². The smallest absolute Gasteiger partial charge is 0.257 e. The first-order valence-electron chi connectivity index (χ1n) is 10.5. The van der Waals surface area contributed by atoms with Gasteiger partial charge in [-0.05, 0) is 42.7 Å². The molecule has 1 aliphatic rings. The largest absolute Gasteiger partial charge is 0.491 e. The minimum atomic E-state index is -0.220. The maximum absolute atomic E-state index is 12.6. The molecule has 0 aliphatic carbocycles. The van der Waals surface area contributed by atoms with Crippen molar-refractivity contribution in [3.63, 3.8) is 0 Å². The highest BCUT2D eigenvalue weighted by Crippen LogP contribution is 2.26. The topological polar surface area (TPSA) is 89.6 Å². The molecule has 1 saturated heterocycles. The zero-order valence-corrected chi connectivity index (χ0v) is 18.6. The van der Waals surface area contributed by atoms with Gasteiger partial charge in [-0.3, -0.25) is 14.9 Å². The van der Waals surface area contributed by atoms with Crippen molar-refractivity contribution in [1.82, 2.24) is 10.3 Å². The summed E-state index contributed by atoms with van der Waals surface area (Å²) in [6.07, 6.45) is 2.26. The number of carbonyl (C=O) groups is 2. The molecule has 4 rings (SSSR count). The maximum Gasteiger partial charge on any atom is 0.257 e. The number of nitrogens with zero attached hydrogens (tertiary/aromatic N) is 1. The van der Waals surface area contributed by atoms with Crippen LogP contribution in [-0.2, 0) is 16.1 Å². The third-order valence-electron chi connectivity index (χ3n) is 5.09. The highest BCUT2D eigenvalue weighted by Gasteiger charge is 2.16. The highest BCUT2D eigenvalue weighted by atomic mass is 32.1. The molecule has 0 bridgehead atoms. The van der Waals surface area contributed by atoms with E-state index in [0.717, 1.165) is 42.0 Å². The second-order valence-electron chi connectivity index (χ2n) is 7.57. The van der Waals surface area contributed by atoms with Crippen molar-refractivity contribution in [2.24, 2.45) is 0 Å². The Hall–Kier alpha value is -3.23. The van der Waals surface area contributed by atoms with Gasteiger partial charge in [0, 0.05) is 36.6 Å². The van der Waals surface area contributed by atoms with E-state index in [1.165, 1.54) is 18.3 Å². The molecule has 7 nitrogen and oxygen atoms in total. The van der Waals surface area contributed by atoms with Crippen molar-refractivity contribution in [3.8, 4) is 17.0 Å². The second-order valence-corrected chi connectivity index (χ2v) is 8.43. The van der Waals surface area contributed by atoms with Crippen molar-refractivity contribution in [1.29, 1.82) is 0 Å². The molecule has 1 aliphatic heterocycles. The number of carbonyl (C=O) groups excluding carboxylic acids is 2. The molecule has 1 fully saturated rings. The molecule has 2 amide bonds. The third kappa shape index (κ3) is 5.93. The number of ether oxygens (including phenoxy) is 2. The molecule has 1 unspecified atom stereocenters. The first-order valence-corrected chi connectivity index (χ1v) is 11.4. The predicted octanol–water partition coefficient (Wildman–Crippen LogP) is 4.26. The number of aromatic nitrogens is 1. The monoisotopic (exact) mass is 451 g/mol. The summed E-state index contributed by atoms with van der Waals surface area (Å²) in [7, 11) is 0. The zero-order valence-electron chi connectivity index (χ0n) is 17.8. The lowest BCUT2D eigenvalue weighted by Crippen LogP contribution is -2.18. The van der Waals surface area contributed by atoms with Gasteiger partial charge >= 0.3 is 0 Å². The van der Waals surface area contributed by atoms with Crippen molar-refractivity contribution >= 4 is 28.3 Å². The standard InChI is InChI=1S/C24H25N3O4S/c1-16(28)25-13-17-4-6-18(7-5-17)22-15-32-24(26-22)27-23(29)19-8-10-20(11-9-19)31-14-21-3-2-12-30-21/h4-11,15,21H,2-3,12-14H2,1H3,(H,25,28)(H,26,27,29). The molecule has 32 heavy (non-hydrogen) atoms. The van der Waals surface area contributed by atoms with Crippen molar-refractivity contribution in [2.75, 3.05) is 18.5 Å². The molecule has 0 saturated carbocycles. The van der Waals surface area contributed by atoms with Gasteiger partial charge in [-0.1, -0.05) is 24.3 Å². The van der Waals surface area contributed by atoms with Crippen molar-refractivity contribution in [2.45, 2.75) is 32.4 Å². The number of anilines is 1. The molecule has 2 heterocycles. The lowest BCUT2D eigenvalue weighted by atomic mass is 10.1. The van der Waals surface area contributed by atoms with Gasteiger partial charge in [0.25, 0.3) is 5.91 Å². The quantitative estimate of drug-likeness (QED) is 0.534. The second kappa shape index (κ2) is 10.4. The van der Waals surface area contributed by atoms with Crippen LogP contribution in [0.1, 0.15) is 35.7 Å². The highest BCUT2D eigenvalue weighted by molar-refractivity contribution is 7.14. The van der Waals surface area contributed by atoms with Crippen LogP contribution in [0.15, 0.2) is 53.9 Å². The Bertz CT molecular complexity index is 1060. The fraction of sp³-hybridized carbons (Fsp3) is 0.292. The molecule has 3 aromatic rings. The molecule has 0 spiro atoms. The first kappa shape index (κ1) is 22.0. The van der Waals surface area contributed by atoms with Crippen molar-refractivity contribution < 1.29 is 19.1 Å². The molecule has 8 heteroatoms. The normalized spacial score (nSPS) is 15.3. The van der Waals surface area contributed by atoms with Gasteiger partial charge in [0.2, 0.25) is 5.91 Å². The number of amides is 2. The summed E-state index contributed by atoms with van der Waals surface area (Å²) < 4.78 is 11.3. The summed E-state index contributed by atoms with van der Waals surface area (Å²) in [4.78, 5) is 28.1. The lowest BCUT2D eigenvalue weighted by Gasteiger charge is -2.11. The van der Waals surface area contributed by atoms with Gasteiger partial charge in [0.1, 0.15) is 12.4 Å². The number of benzene rings is 2. The van der Waals surface area contributed by atoms with E-state index in [-0.39, 0.29) is 17.9 Å². The Kier molecular flexibility index (Phi) is 7.14. The summed E-state index contributed by atoms with van der Waals surface area (Å²) in [5.74, 6) is 0.438. The van der Waals surface area contributed by atoms with E-state index < -0.39 is 0 Å². The number of nitrogens with one attached hydrogen (secondary N) is 2. The van der Waals surface area contributed by atoms with E-state index >= 15 is 0 Å². The van der Waals surface area contributed by atoms with E-state index in [9.17, 15) is 9.59 Å². The Morgan fingerprint density at radius 2 is 1.94 bits per heavy atom. The third-order valence-corrected chi connectivity index (χ3v) is 5.85. The fourth-order valence-electron chi connectivity index (χ4n) is 3.32. The van der Waals surface area contributed by atoms with Gasteiger partial charge < -0.3 is 14.8 Å². The van der Waals surface area contributed by atoms with Crippen LogP contribution in [0.25, 0.3) is 11.3 Å². The average molecular weight is 452 g/mol.